The molecule has 1 saturated carbocycles. The highest BCUT2D eigenvalue weighted by molar-refractivity contribution is 5.95. The zero-order valence-electron chi connectivity index (χ0n) is 18.0. The van der Waals surface area contributed by atoms with Crippen molar-refractivity contribution in [2.45, 2.75) is 25.4 Å². The maximum atomic E-state index is 12.3. The van der Waals surface area contributed by atoms with Gasteiger partial charge >= 0.3 is 0 Å². The Hall–Kier alpha value is -3.12. The van der Waals surface area contributed by atoms with Crippen molar-refractivity contribution in [2.24, 2.45) is 0 Å². The van der Waals surface area contributed by atoms with Crippen molar-refractivity contribution >= 4 is 23.6 Å². The van der Waals surface area contributed by atoms with E-state index in [1.807, 2.05) is 24.3 Å². The van der Waals surface area contributed by atoms with Gasteiger partial charge in [-0.15, -0.1) is 0 Å². The van der Waals surface area contributed by atoms with Crippen LogP contribution in [0, 0.1) is 0 Å². The van der Waals surface area contributed by atoms with Gasteiger partial charge in [0.05, 0.1) is 0 Å². The van der Waals surface area contributed by atoms with Crippen molar-refractivity contribution in [3.05, 3.63) is 71.3 Å². The molecule has 2 aromatic rings. The molecule has 2 amide bonds. The summed E-state index contributed by atoms with van der Waals surface area (Å²) < 4.78 is 0. The Kier molecular flexibility index (Phi) is 6.67. The summed E-state index contributed by atoms with van der Waals surface area (Å²) in [6, 6.07) is 15.9. The third kappa shape index (κ3) is 5.95. The first-order valence-corrected chi connectivity index (χ1v) is 11.0. The van der Waals surface area contributed by atoms with Crippen molar-refractivity contribution in [3.63, 3.8) is 0 Å². The predicted octanol–water partition coefficient (Wildman–Crippen LogP) is 2.66. The number of carbonyl (C=O) groups excluding carboxylic acids is 2. The summed E-state index contributed by atoms with van der Waals surface area (Å²) in [4.78, 5) is 29.1. The Morgan fingerprint density at radius 1 is 1.00 bits per heavy atom. The lowest BCUT2D eigenvalue weighted by Crippen LogP contribution is -2.45. The third-order valence-electron chi connectivity index (χ3n) is 5.80. The number of nitrogens with one attached hydrogen (secondary N) is 2. The number of carbonyl (C=O) groups is 2. The number of amides is 2. The number of hydrogen-bond acceptors (Lipinski definition) is 4. The van der Waals surface area contributed by atoms with Crippen LogP contribution in [0.25, 0.3) is 6.08 Å². The molecule has 0 unspecified atom stereocenters. The smallest absolute Gasteiger partial charge is 0.251 e. The Morgan fingerprint density at radius 2 is 1.71 bits per heavy atom. The minimum atomic E-state index is -0.135. The summed E-state index contributed by atoms with van der Waals surface area (Å²) in [6.45, 7) is 4.58. The average molecular weight is 419 g/mol. The number of anilines is 1. The topological polar surface area (TPSA) is 64.7 Å². The number of rotatable bonds is 7. The fourth-order valence-electron chi connectivity index (χ4n) is 3.67. The number of benzene rings is 2. The van der Waals surface area contributed by atoms with Crippen LogP contribution in [0.4, 0.5) is 5.69 Å². The van der Waals surface area contributed by atoms with Crippen molar-refractivity contribution in [3.8, 4) is 0 Å². The van der Waals surface area contributed by atoms with Gasteiger partial charge in [-0.25, -0.2) is 0 Å². The molecule has 6 heteroatoms. The van der Waals surface area contributed by atoms with Gasteiger partial charge in [0.2, 0.25) is 5.91 Å². The number of likely N-dealkylation sites (N-methyl/N-ethyl adjacent to an activating group) is 1. The first kappa shape index (κ1) is 21.1. The van der Waals surface area contributed by atoms with Gasteiger partial charge < -0.3 is 20.4 Å². The van der Waals surface area contributed by atoms with Gasteiger partial charge in [-0.05, 0) is 55.3 Å². The standard InChI is InChI=1S/C25H30N4O2/c1-28-14-16-29(17-15-28)23-5-3-2-4-21(23)18-26-24(30)13-8-19-6-9-20(10-7-19)25(31)27-22-11-12-22/h2-10,13,22H,11-12,14-18H2,1H3,(H,26,30)(H,27,31)/b13-8+. The average Bonchev–Trinajstić information content (AvgIpc) is 3.61. The van der Waals surface area contributed by atoms with E-state index in [2.05, 4.69) is 39.6 Å². The Bertz CT molecular complexity index is 942. The maximum Gasteiger partial charge on any atom is 0.251 e. The minimum Gasteiger partial charge on any atom is -0.369 e. The van der Waals surface area contributed by atoms with Crippen LogP contribution >= 0.6 is 0 Å². The zero-order valence-corrected chi connectivity index (χ0v) is 18.0. The van der Waals surface area contributed by atoms with E-state index in [0.29, 0.717) is 18.2 Å². The highest BCUT2D eigenvalue weighted by Crippen LogP contribution is 2.22. The SMILES string of the molecule is CN1CCN(c2ccccc2CNC(=O)/C=C/c2ccc(C(=O)NC3CC3)cc2)CC1. The monoisotopic (exact) mass is 418 g/mol. The van der Waals surface area contributed by atoms with Crippen LogP contribution in [0.15, 0.2) is 54.6 Å². The normalized spacial score (nSPS) is 17.0. The first-order valence-electron chi connectivity index (χ1n) is 11.0. The van der Waals surface area contributed by atoms with Gasteiger partial charge in [-0.2, -0.15) is 0 Å². The molecule has 0 radical (unpaired) electrons. The highest BCUT2D eigenvalue weighted by atomic mass is 16.2. The number of nitrogens with zero attached hydrogens (tertiary/aromatic N) is 2. The van der Waals surface area contributed by atoms with Crippen LogP contribution in [-0.2, 0) is 11.3 Å². The van der Waals surface area contributed by atoms with Crippen LogP contribution in [0.1, 0.15) is 34.3 Å². The van der Waals surface area contributed by atoms with E-state index in [1.165, 1.54) is 11.8 Å². The Balaban J connectivity index is 1.30. The molecule has 0 bridgehead atoms. The third-order valence-corrected chi connectivity index (χ3v) is 5.80. The molecular formula is C25H30N4O2. The van der Waals surface area contributed by atoms with E-state index in [-0.39, 0.29) is 11.8 Å². The summed E-state index contributed by atoms with van der Waals surface area (Å²) in [5.41, 5.74) is 3.85. The second kappa shape index (κ2) is 9.79. The molecule has 0 atom stereocenters. The molecule has 1 aliphatic carbocycles. The van der Waals surface area contributed by atoms with E-state index < -0.39 is 0 Å². The van der Waals surface area contributed by atoms with Crippen LogP contribution < -0.4 is 15.5 Å². The van der Waals surface area contributed by atoms with Crippen molar-refractivity contribution < 1.29 is 9.59 Å². The van der Waals surface area contributed by atoms with Gasteiger partial charge in [-0.1, -0.05) is 30.3 Å². The minimum absolute atomic E-state index is 0.0326. The fourth-order valence-corrected chi connectivity index (χ4v) is 3.67. The largest absolute Gasteiger partial charge is 0.369 e. The summed E-state index contributed by atoms with van der Waals surface area (Å²) in [7, 11) is 2.15. The molecule has 31 heavy (non-hydrogen) atoms. The lowest BCUT2D eigenvalue weighted by molar-refractivity contribution is -0.116. The molecule has 2 N–H and O–H groups in total. The van der Waals surface area contributed by atoms with Gasteiger partial charge in [0.15, 0.2) is 0 Å². The lowest BCUT2D eigenvalue weighted by Gasteiger charge is -2.35. The second-order valence-corrected chi connectivity index (χ2v) is 8.34. The second-order valence-electron chi connectivity index (χ2n) is 8.34. The number of para-hydroxylation sites is 1. The first-order chi connectivity index (χ1) is 15.1. The van der Waals surface area contributed by atoms with Crippen molar-refractivity contribution in [2.75, 3.05) is 38.1 Å². The van der Waals surface area contributed by atoms with Gasteiger partial charge in [0, 0.05) is 56.1 Å². The van der Waals surface area contributed by atoms with Gasteiger partial charge in [-0.3, -0.25) is 9.59 Å². The van der Waals surface area contributed by atoms with E-state index in [1.54, 1.807) is 18.2 Å². The molecule has 1 saturated heterocycles. The molecular weight excluding hydrogens is 388 g/mol. The quantitative estimate of drug-likeness (QED) is 0.679. The zero-order chi connectivity index (χ0) is 21.6. The Labute approximate surface area is 183 Å². The molecule has 2 aliphatic rings. The predicted molar refractivity (Wildman–Crippen MR) is 124 cm³/mol. The molecule has 2 fully saturated rings. The summed E-state index contributed by atoms with van der Waals surface area (Å²) in [6.07, 6.45) is 5.45. The fraction of sp³-hybridized carbons (Fsp3) is 0.360. The molecule has 1 aliphatic heterocycles. The van der Waals surface area contributed by atoms with Gasteiger partial charge in [0.25, 0.3) is 5.91 Å². The van der Waals surface area contributed by atoms with Crippen molar-refractivity contribution in [1.82, 2.24) is 15.5 Å². The van der Waals surface area contributed by atoms with Crippen LogP contribution in [0.3, 0.4) is 0 Å². The molecule has 6 nitrogen and oxygen atoms in total. The lowest BCUT2D eigenvalue weighted by atomic mass is 10.1. The van der Waals surface area contributed by atoms with E-state index in [9.17, 15) is 9.59 Å². The molecule has 1 heterocycles. The highest BCUT2D eigenvalue weighted by Gasteiger charge is 2.23. The van der Waals surface area contributed by atoms with Crippen LogP contribution in [0.5, 0.6) is 0 Å². The number of piperazine rings is 1. The van der Waals surface area contributed by atoms with Crippen molar-refractivity contribution in [1.29, 1.82) is 0 Å². The van der Waals surface area contributed by atoms with E-state index in [4.69, 9.17) is 0 Å². The van der Waals surface area contributed by atoms with E-state index >= 15 is 0 Å². The van der Waals surface area contributed by atoms with Crippen LogP contribution in [-0.4, -0.2) is 56.0 Å². The van der Waals surface area contributed by atoms with E-state index in [0.717, 1.165) is 50.1 Å². The van der Waals surface area contributed by atoms with Crippen LogP contribution in [0.2, 0.25) is 0 Å². The molecule has 0 spiro atoms. The maximum absolute atomic E-state index is 12.3. The summed E-state index contributed by atoms with van der Waals surface area (Å²) >= 11 is 0. The summed E-state index contributed by atoms with van der Waals surface area (Å²) in [5, 5.41) is 5.96. The Morgan fingerprint density at radius 3 is 2.42 bits per heavy atom. The summed E-state index contributed by atoms with van der Waals surface area (Å²) in [5.74, 6) is -0.168. The molecule has 4 rings (SSSR count). The number of hydrogen-bond donors (Lipinski definition) is 2. The van der Waals surface area contributed by atoms with Gasteiger partial charge in [0.1, 0.15) is 0 Å². The molecule has 0 aromatic heterocycles. The molecule has 162 valence electrons. The molecule has 2 aromatic carbocycles.